The third kappa shape index (κ3) is 4.34. The fourth-order valence-electron chi connectivity index (χ4n) is 2.27. The fourth-order valence-corrected chi connectivity index (χ4v) is 3.18. The van der Waals surface area contributed by atoms with Gasteiger partial charge in [-0.1, -0.05) is 18.2 Å². The predicted octanol–water partition coefficient (Wildman–Crippen LogP) is 2.37. The second kappa shape index (κ2) is 8.39. The molecular weight excluding hydrogens is 354 g/mol. The van der Waals surface area contributed by atoms with Crippen LogP contribution in [0.5, 0.6) is 5.75 Å². The minimum atomic E-state index is -0.464. The molecular formula is C18H18N3O4S+. The summed E-state index contributed by atoms with van der Waals surface area (Å²) >= 11 is 1.26. The number of benzene rings is 2. The quantitative estimate of drug-likeness (QED) is 0.491. The Labute approximate surface area is 153 Å². The van der Waals surface area contributed by atoms with E-state index in [-0.39, 0.29) is 12.3 Å². The van der Waals surface area contributed by atoms with Crippen LogP contribution in [0.25, 0.3) is 5.69 Å². The van der Waals surface area contributed by atoms with Crippen LogP contribution in [0.1, 0.15) is 6.42 Å². The first-order valence-corrected chi connectivity index (χ1v) is 8.91. The van der Waals surface area contributed by atoms with Gasteiger partial charge in [0.15, 0.2) is 0 Å². The van der Waals surface area contributed by atoms with Gasteiger partial charge >= 0.3 is 10.7 Å². The van der Waals surface area contributed by atoms with Gasteiger partial charge in [0.1, 0.15) is 5.75 Å². The highest BCUT2D eigenvalue weighted by Crippen LogP contribution is 2.16. The number of thioether (sulfide) groups is 1. The number of nitrogens with one attached hydrogen (secondary N) is 2. The van der Waals surface area contributed by atoms with Crippen LogP contribution in [0.2, 0.25) is 0 Å². The maximum atomic E-state index is 12.1. The summed E-state index contributed by atoms with van der Waals surface area (Å²) in [5.41, 5.74) is 1.01. The summed E-state index contributed by atoms with van der Waals surface area (Å²) in [6.45, 7) is 0. The van der Waals surface area contributed by atoms with Crippen molar-refractivity contribution in [2.45, 2.75) is 11.4 Å². The Morgan fingerprint density at radius 1 is 1.19 bits per heavy atom. The molecule has 1 aromatic heterocycles. The Kier molecular flexibility index (Phi) is 5.75. The van der Waals surface area contributed by atoms with Gasteiger partial charge in [-0.2, -0.15) is 0 Å². The molecule has 0 aliphatic carbocycles. The molecule has 0 radical (unpaired) electrons. The SMILES string of the molecule is COc1ccc(NC(=O)CCSc2c(=O)o[nH][n+]2-c2ccccc2)cc1. The summed E-state index contributed by atoms with van der Waals surface area (Å²) in [5, 5.41) is 5.78. The van der Waals surface area contributed by atoms with Crippen LogP contribution < -0.4 is 20.4 Å². The number of aromatic amines is 1. The van der Waals surface area contributed by atoms with Gasteiger partial charge in [-0.15, -0.1) is 0 Å². The van der Waals surface area contributed by atoms with E-state index >= 15 is 0 Å². The lowest BCUT2D eigenvalue weighted by atomic mass is 10.3. The maximum absolute atomic E-state index is 12.1. The van der Waals surface area contributed by atoms with Crippen molar-refractivity contribution in [1.82, 2.24) is 5.27 Å². The van der Waals surface area contributed by atoms with E-state index < -0.39 is 5.63 Å². The number of H-pyrrole nitrogens is 1. The Morgan fingerprint density at radius 2 is 1.92 bits per heavy atom. The van der Waals surface area contributed by atoms with Gasteiger partial charge in [0.25, 0.3) is 0 Å². The second-order valence-electron chi connectivity index (χ2n) is 5.33. The van der Waals surface area contributed by atoms with E-state index in [0.29, 0.717) is 16.5 Å². The molecule has 134 valence electrons. The van der Waals surface area contributed by atoms with E-state index in [4.69, 9.17) is 9.26 Å². The lowest BCUT2D eigenvalue weighted by molar-refractivity contribution is -0.704. The van der Waals surface area contributed by atoms with Crippen molar-refractivity contribution in [2.75, 3.05) is 18.2 Å². The zero-order valence-corrected chi connectivity index (χ0v) is 14.9. The molecule has 0 atom stereocenters. The first-order chi connectivity index (χ1) is 12.7. The third-order valence-electron chi connectivity index (χ3n) is 3.56. The first kappa shape index (κ1) is 17.8. The molecule has 1 heterocycles. The number of rotatable bonds is 7. The van der Waals surface area contributed by atoms with Crippen molar-refractivity contribution in [3.63, 3.8) is 0 Å². The standard InChI is InChI=1S/C18H17N3O4S/c1-24-15-9-7-13(8-10-15)19-16(22)11-12-26-17-18(23)25-20-21(17)14-5-3-2-4-6-14/h2-10H,11-12H2,1H3,(H-,19,20,22,23)/p+1. The van der Waals surface area contributed by atoms with Crippen LogP contribution in [0.3, 0.4) is 0 Å². The highest BCUT2D eigenvalue weighted by Gasteiger charge is 2.23. The number of anilines is 1. The Hall–Kier alpha value is -3.00. The molecule has 3 rings (SSSR count). The van der Waals surface area contributed by atoms with E-state index in [1.54, 1.807) is 36.1 Å². The van der Waals surface area contributed by atoms with Gasteiger partial charge in [-0.3, -0.25) is 9.32 Å². The maximum Gasteiger partial charge on any atom is 0.442 e. The molecule has 0 aliphatic rings. The van der Waals surface area contributed by atoms with Crippen LogP contribution in [0, 0.1) is 0 Å². The number of methoxy groups -OCH3 is 1. The van der Waals surface area contributed by atoms with E-state index in [2.05, 4.69) is 10.6 Å². The number of ether oxygens (including phenoxy) is 1. The number of hydrogen-bond donors (Lipinski definition) is 2. The lowest BCUT2D eigenvalue weighted by Gasteiger charge is -2.05. The molecule has 0 saturated carbocycles. The third-order valence-corrected chi connectivity index (χ3v) is 4.59. The number of para-hydroxylation sites is 1. The molecule has 7 nitrogen and oxygen atoms in total. The van der Waals surface area contributed by atoms with E-state index in [0.717, 1.165) is 11.4 Å². The number of hydrogen-bond acceptors (Lipinski definition) is 5. The highest BCUT2D eigenvalue weighted by molar-refractivity contribution is 7.99. The largest absolute Gasteiger partial charge is 0.497 e. The van der Waals surface area contributed by atoms with Crippen molar-refractivity contribution in [2.24, 2.45) is 0 Å². The van der Waals surface area contributed by atoms with Crippen LogP contribution in [-0.2, 0) is 4.79 Å². The highest BCUT2D eigenvalue weighted by atomic mass is 32.2. The van der Waals surface area contributed by atoms with Crippen LogP contribution >= 0.6 is 11.8 Å². The second-order valence-corrected chi connectivity index (χ2v) is 6.42. The molecule has 0 aliphatic heterocycles. The fraction of sp³-hybridized carbons (Fsp3) is 0.167. The summed E-state index contributed by atoms with van der Waals surface area (Å²) in [4.78, 5) is 24.0. The molecule has 0 fully saturated rings. The molecule has 1 amide bonds. The number of amides is 1. The summed E-state index contributed by atoms with van der Waals surface area (Å²) in [5.74, 6) is 1.04. The van der Waals surface area contributed by atoms with Gasteiger partial charge in [-0.05, 0) is 46.0 Å². The van der Waals surface area contributed by atoms with Crippen molar-refractivity contribution < 1.29 is 18.7 Å². The molecule has 0 spiro atoms. The first-order valence-electron chi connectivity index (χ1n) is 7.93. The smallest absolute Gasteiger partial charge is 0.442 e. The normalized spacial score (nSPS) is 10.5. The van der Waals surface area contributed by atoms with Crippen molar-refractivity contribution >= 4 is 23.4 Å². The lowest BCUT2D eigenvalue weighted by Crippen LogP contribution is -2.36. The van der Waals surface area contributed by atoms with Gasteiger partial charge in [0.2, 0.25) is 11.6 Å². The summed E-state index contributed by atoms with van der Waals surface area (Å²) < 4.78 is 11.5. The van der Waals surface area contributed by atoms with E-state index in [1.165, 1.54) is 11.8 Å². The number of nitrogens with zero attached hydrogens (tertiary/aromatic N) is 1. The molecule has 0 bridgehead atoms. The average Bonchev–Trinajstić information content (AvgIpc) is 3.04. The van der Waals surface area contributed by atoms with Crippen LogP contribution in [-0.4, -0.2) is 24.0 Å². The van der Waals surface area contributed by atoms with Crippen LogP contribution in [0.4, 0.5) is 5.69 Å². The number of carbonyl (C=O) groups is 1. The Morgan fingerprint density at radius 3 is 2.62 bits per heavy atom. The molecule has 2 N–H and O–H groups in total. The van der Waals surface area contributed by atoms with Gasteiger partial charge < -0.3 is 10.1 Å². The molecule has 2 aromatic carbocycles. The van der Waals surface area contributed by atoms with E-state index in [9.17, 15) is 9.59 Å². The minimum absolute atomic E-state index is 0.131. The zero-order valence-electron chi connectivity index (χ0n) is 14.1. The zero-order chi connectivity index (χ0) is 18.4. The molecule has 0 saturated heterocycles. The Balaban J connectivity index is 1.57. The average molecular weight is 372 g/mol. The van der Waals surface area contributed by atoms with Gasteiger partial charge in [0, 0.05) is 30.0 Å². The summed E-state index contributed by atoms with van der Waals surface area (Å²) in [6.07, 6.45) is 0.260. The molecule has 3 aromatic rings. The summed E-state index contributed by atoms with van der Waals surface area (Å²) in [6, 6.07) is 16.4. The van der Waals surface area contributed by atoms with Gasteiger partial charge in [-0.25, -0.2) is 4.79 Å². The molecule has 0 unspecified atom stereocenters. The number of carbonyl (C=O) groups excluding carboxylic acids is 1. The van der Waals surface area contributed by atoms with Crippen molar-refractivity contribution in [3.8, 4) is 11.4 Å². The predicted molar refractivity (Wildman–Crippen MR) is 97.8 cm³/mol. The number of aromatic nitrogens is 2. The van der Waals surface area contributed by atoms with Gasteiger partial charge in [0.05, 0.1) is 7.11 Å². The topological polar surface area (TPSA) is 88.2 Å². The minimum Gasteiger partial charge on any atom is -0.497 e. The monoisotopic (exact) mass is 372 g/mol. The molecule has 8 heteroatoms. The van der Waals surface area contributed by atoms with Crippen LogP contribution in [0.15, 0.2) is 68.9 Å². The van der Waals surface area contributed by atoms with Crippen molar-refractivity contribution in [3.05, 3.63) is 65.0 Å². The Bertz CT molecular complexity index is 920. The van der Waals surface area contributed by atoms with Crippen molar-refractivity contribution in [1.29, 1.82) is 0 Å². The molecule has 26 heavy (non-hydrogen) atoms. The summed E-state index contributed by atoms with van der Waals surface area (Å²) in [7, 11) is 1.59. The van der Waals surface area contributed by atoms with E-state index in [1.807, 2.05) is 30.3 Å².